The number of rotatable bonds is 10. The highest BCUT2D eigenvalue weighted by molar-refractivity contribution is 7.99. The van der Waals surface area contributed by atoms with Crippen LogP contribution in [0.4, 0.5) is 23.0 Å². The Balaban J connectivity index is 1.45. The number of carbonyl (C=O) groups is 1. The lowest BCUT2D eigenvalue weighted by Gasteiger charge is -2.22. The lowest BCUT2D eigenvalue weighted by molar-refractivity contribution is -0.114. The van der Waals surface area contributed by atoms with Crippen LogP contribution in [0.3, 0.4) is 0 Å². The van der Waals surface area contributed by atoms with E-state index in [1.165, 1.54) is 18.7 Å². The Bertz CT molecular complexity index is 1420. The van der Waals surface area contributed by atoms with Crippen molar-refractivity contribution in [2.24, 2.45) is 0 Å². The number of aliphatic hydroxyl groups excluding tert-OH is 1. The minimum atomic E-state index is -0.658. The number of H-pyrrole nitrogens is 1. The second-order valence-corrected chi connectivity index (χ2v) is 9.99. The molecule has 2 atom stereocenters. The van der Waals surface area contributed by atoms with E-state index < -0.39 is 6.10 Å². The zero-order valence-electron chi connectivity index (χ0n) is 21.3. The first-order chi connectivity index (χ1) is 18.4. The number of methoxy groups -OCH3 is 1. The van der Waals surface area contributed by atoms with Gasteiger partial charge in [0.2, 0.25) is 11.1 Å². The summed E-state index contributed by atoms with van der Waals surface area (Å²) in [6, 6.07) is 11.4. The van der Waals surface area contributed by atoms with Crippen molar-refractivity contribution in [3.63, 3.8) is 0 Å². The maximum absolute atomic E-state index is 11.7. The molecular weight excluding hydrogens is 508 g/mol. The third-order valence-corrected chi connectivity index (χ3v) is 6.92. The number of nitrogens with zero attached hydrogens (tertiary/aromatic N) is 5. The fraction of sp³-hybridized carbons (Fsp3) is 0.360. The SMILES string of the molecule is COCCOC1CN(c2cc(NC(C)=O)ccc2Sc2nc(Nc3cc(C)[nH]n3)c3cccn3n2)CC1O. The zero-order chi connectivity index (χ0) is 26.6. The summed E-state index contributed by atoms with van der Waals surface area (Å²) in [5, 5.41) is 29.2. The van der Waals surface area contributed by atoms with Gasteiger partial charge in [-0.05, 0) is 49.0 Å². The van der Waals surface area contributed by atoms with Gasteiger partial charge in [-0.2, -0.15) is 5.10 Å². The van der Waals surface area contributed by atoms with E-state index in [1.807, 2.05) is 49.5 Å². The average molecular weight is 539 g/mol. The molecule has 0 bridgehead atoms. The fourth-order valence-corrected chi connectivity index (χ4v) is 5.17. The molecule has 4 aromatic rings. The number of aryl methyl sites for hydroxylation is 1. The number of aliphatic hydroxyl groups is 1. The molecule has 0 spiro atoms. The van der Waals surface area contributed by atoms with Crippen molar-refractivity contribution < 1.29 is 19.4 Å². The van der Waals surface area contributed by atoms with Gasteiger partial charge < -0.3 is 30.1 Å². The Morgan fingerprint density at radius 1 is 1.26 bits per heavy atom. The van der Waals surface area contributed by atoms with Crippen LogP contribution in [0.2, 0.25) is 0 Å². The molecule has 2 unspecified atom stereocenters. The van der Waals surface area contributed by atoms with Crippen LogP contribution in [0.15, 0.2) is 52.6 Å². The molecule has 1 aliphatic rings. The highest BCUT2D eigenvalue weighted by Gasteiger charge is 2.33. The molecule has 38 heavy (non-hydrogen) atoms. The van der Waals surface area contributed by atoms with E-state index in [9.17, 15) is 9.90 Å². The van der Waals surface area contributed by atoms with Crippen molar-refractivity contribution in [1.82, 2.24) is 24.8 Å². The van der Waals surface area contributed by atoms with Crippen molar-refractivity contribution in [2.45, 2.75) is 36.1 Å². The number of benzene rings is 1. The van der Waals surface area contributed by atoms with Crippen molar-refractivity contribution >= 4 is 46.2 Å². The Kier molecular flexibility index (Phi) is 7.79. The number of β-amino-alcohol motifs (C(OH)–C–C–N with tert-alkyl or cyclic N) is 1. The first-order valence-corrected chi connectivity index (χ1v) is 13.0. The van der Waals surface area contributed by atoms with Gasteiger partial charge in [0.15, 0.2) is 11.6 Å². The van der Waals surface area contributed by atoms with Gasteiger partial charge in [-0.3, -0.25) is 9.89 Å². The van der Waals surface area contributed by atoms with Crippen molar-refractivity contribution in [1.29, 1.82) is 0 Å². The molecule has 5 rings (SSSR count). The summed E-state index contributed by atoms with van der Waals surface area (Å²) < 4.78 is 12.7. The molecule has 0 radical (unpaired) electrons. The molecule has 4 heterocycles. The minimum Gasteiger partial charge on any atom is -0.388 e. The van der Waals surface area contributed by atoms with E-state index in [4.69, 9.17) is 14.5 Å². The van der Waals surface area contributed by atoms with Crippen LogP contribution in [0.1, 0.15) is 12.6 Å². The standard InChI is InChI=1S/C25H30N8O4S/c1-15-11-23(30-29-15)27-24-18-5-4-8-33(18)31-25(28-24)38-22-7-6-17(26-16(2)34)12-19(22)32-13-20(35)21(14-32)37-10-9-36-3/h4-8,11-12,20-21,35H,9-10,13-14H2,1-3H3,(H,26,34)(H2,27,28,29,30,31). The average Bonchev–Trinajstić information content (AvgIpc) is 3.60. The van der Waals surface area contributed by atoms with Crippen molar-refractivity contribution in [3.8, 4) is 0 Å². The maximum Gasteiger partial charge on any atom is 0.221 e. The van der Waals surface area contributed by atoms with Crippen LogP contribution in [0.25, 0.3) is 5.52 Å². The van der Waals surface area contributed by atoms with E-state index in [1.54, 1.807) is 11.6 Å². The molecule has 1 aromatic carbocycles. The van der Waals surface area contributed by atoms with Gasteiger partial charge in [0.1, 0.15) is 11.6 Å². The summed E-state index contributed by atoms with van der Waals surface area (Å²) in [4.78, 5) is 19.4. The number of aromatic nitrogens is 5. The number of amides is 1. The molecule has 200 valence electrons. The quantitative estimate of drug-likeness (QED) is 0.223. The van der Waals surface area contributed by atoms with Gasteiger partial charge in [0.05, 0.1) is 25.0 Å². The third kappa shape index (κ3) is 5.91. The van der Waals surface area contributed by atoms with Gasteiger partial charge in [-0.25, -0.2) is 9.50 Å². The predicted octanol–water partition coefficient (Wildman–Crippen LogP) is 2.83. The molecule has 3 aromatic heterocycles. The Morgan fingerprint density at radius 3 is 2.89 bits per heavy atom. The second-order valence-electron chi connectivity index (χ2n) is 8.98. The number of ether oxygens (including phenoxy) is 2. The minimum absolute atomic E-state index is 0.163. The van der Waals surface area contributed by atoms with Crippen LogP contribution in [-0.4, -0.2) is 81.4 Å². The first kappa shape index (κ1) is 26.0. The molecule has 1 saturated heterocycles. The smallest absolute Gasteiger partial charge is 0.221 e. The number of fused-ring (bicyclic) bond motifs is 1. The molecule has 1 amide bonds. The molecule has 0 aliphatic carbocycles. The molecule has 13 heteroatoms. The number of anilines is 4. The number of aromatic amines is 1. The molecular formula is C25H30N8O4S. The topological polar surface area (TPSA) is 142 Å². The summed E-state index contributed by atoms with van der Waals surface area (Å²) in [5.74, 6) is 1.12. The predicted molar refractivity (Wildman–Crippen MR) is 144 cm³/mol. The number of nitrogens with one attached hydrogen (secondary N) is 3. The zero-order valence-corrected chi connectivity index (χ0v) is 22.2. The summed E-state index contributed by atoms with van der Waals surface area (Å²) in [7, 11) is 1.61. The maximum atomic E-state index is 11.7. The van der Waals surface area contributed by atoms with E-state index >= 15 is 0 Å². The molecule has 1 aliphatic heterocycles. The normalized spacial score (nSPS) is 17.3. The number of hydrogen-bond donors (Lipinski definition) is 4. The summed E-state index contributed by atoms with van der Waals surface area (Å²) >= 11 is 1.39. The van der Waals surface area contributed by atoms with E-state index in [0.29, 0.717) is 48.8 Å². The molecule has 12 nitrogen and oxygen atoms in total. The Labute approximate surface area is 223 Å². The number of carbonyl (C=O) groups excluding carboxylic acids is 1. The molecule has 4 N–H and O–H groups in total. The van der Waals surface area contributed by atoms with Crippen LogP contribution >= 0.6 is 11.8 Å². The Morgan fingerprint density at radius 2 is 2.13 bits per heavy atom. The van der Waals surface area contributed by atoms with Crippen molar-refractivity contribution in [2.75, 3.05) is 48.9 Å². The van der Waals surface area contributed by atoms with Crippen LogP contribution in [0.5, 0.6) is 0 Å². The van der Waals surface area contributed by atoms with Gasteiger partial charge >= 0.3 is 0 Å². The summed E-state index contributed by atoms with van der Waals surface area (Å²) in [6.45, 7) is 5.13. The van der Waals surface area contributed by atoms with Gasteiger partial charge in [0, 0.05) is 55.7 Å². The highest BCUT2D eigenvalue weighted by atomic mass is 32.2. The Hall–Kier alpha value is -3.65. The van der Waals surface area contributed by atoms with Crippen LogP contribution in [0, 0.1) is 6.92 Å². The molecule has 1 fully saturated rings. The first-order valence-electron chi connectivity index (χ1n) is 12.2. The fourth-order valence-electron chi connectivity index (χ4n) is 4.28. The second kappa shape index (κ2) is 11.4. The monoisotopic (exact) mass is 538 g/mol. The van der Waals surface area contributed by atoms with Gasteiger partial charge in [0.25, 0.3) is 0 Å². The lowest BCUT2D eigenvalue weighted by atomic mass is 10.2. The van der Waals surface area contributed by atoms with Gasteiger partial charge in [-0.15, -0.1) is 5.10 Å². The largest absolute Gasteiger partial charge is 0.388 e. The third-order valence-electron chi connectivity index (χ3n) is 6.00. The van der Waals surface area contributed by atoms with E-state index in [-0.39, 0.29) is 12.0 Å². The lowest BCUT2D eigenvalue weighted by Crippen LogP contribution is -2.28. The molecule has 0 saturated carbocycles. The van der Waals surface area contributed by atoms with Crippen LogP contribution in [-0.2, 0) is 14.3 Å². The van der Waals surface area contributed by atoms with E-state index in [0.717, 1.165) is 21.8 Å². The van der Waals surface area contributed by atoms with Crippen molar-refractivity contribution in [3.05, 3.63) is 48.3 Å². The highest BCUT2D eigenvalue weighted by Crippen LogP contribution is 2.38. The summed E-state index contributed by atoms with van der Waals surface area (Å²) in [5.41, 5.74) is 3.25. The summed E-state index contributed by atoms with van der Waals surface area (Å²) in [6.07, 6.45) is 0.851. The number of hydrogen-bond acceptors (Lipinski definition) is 10. The van der Waals surface area contributed by atoms with Crippen LogP contribution < -0.4 is 15.5 Å². The van der Waals surface area contributed by atoms with Gasteiger partial charge in [-0.1, -0.05) is 0 Å². The van der Waals surface area contributed by atoms with E-state index in [2.05, 4.69) is 30.8 Å².